The van der Waals surface area contributed by atoms with Crippen LogP contribution in [-0.4, -0.2) is 50.8 Å². The highest BCUT2D eigenvalue weighted by Gasteiger charge is 2.28. The molecule has 11 nitrogen and oxygen atoms in total. The van der Waals surface area contributed by atoms with E-state index in [2.05, 4.69) is 30.5 Å². The van der Waals surface area contributed by atoms with Crippen molar-refractivity contribution in [3.05, 3.63) is 93.6 Å². The number of aryl methyl sites for hydroxylation is 1. The molecule has 0 aliphatic carbocycles. The third kappa shape index (κ3) is 3.75. The van der Waals surface area contributed by atoms with Crippen molar-refractivity contribution in [3.63, 3.8) is 0 Å². The molecule has 2 N–H and O–H groups in total. The second kappa shape index (κ2) is 8.54. The van der Waals surface area contributed by atoms with Crippen LogP contribution in [0.3, 0.4) is 0 Å². The number of aromatic carboxylic acids is 1. The minimum Gasteiger partial charge on any atom is -0.477 e. The summed E-state index contributed by atoms with van der Waals surface area (Å²) in [4.78, 5) is 36.5. The second-order valence-corrected chi connectivity index (χ2v) is 8.75. The van der Waals surface area contributed by atoms with Gasteiger partial charge < -0.3 is 14.7 Å². The number of fused-ring (bicyclic) bond motifs is 1. The van der Waals surface area contributed by atoms with Gasteiger partial charge in [-0.05, 0) is 65.2 Å². The predicted octanol–water partition coefficient (Wildman–Crippen LogP) is 3.16. The van der Waals surface area contributed by atoms with E-state index in [0.717, 1.165) is 16.8 Å². The van der Waals surface area contributed by atoms with Crippen molar-refractivity contribution in [2.24, 2.45) is 0 Å². The highest BCUT2D eigenvalue weighted by molar-refractivity contribution is 6.31. The monoisotopic (exact) mass is 500 g/mol. The Hall–Kier alpha value is -4.64. The molecular formula is C24H17ClN8O3. The van der Waals surface area contributed by atoms with Crippen molar-refractivity contribution < 1.29 is 9.90 Å². The number of carboxylic acid groups (broad SMARTS) is 1. The number of hydrogen-bond donors (Lipinski definition) is 2. The van der Waals surface area contributed by atoms with Crippen molar-refractivity contribution in [1.29, 1.82) is 0 Å². The Morgan fingerprint density at radius 2 is 2.06 bits per heavy atom. The van der Waals surface area contributed by atoms with Gasteiger partial charge in [-0.15, -0.1) is 5.10 Å². The summed E-state index contributed by atoms with van der Waals surface area (Å²) < 4.78 is 3.26. The Balaban J connectivity index is 1.37. The summed E-state index contributed by atoms with van der Waals surface area (Å²) >= 11 is 6.27. The number of carbonyl (C=O) groups is 1. The number of pyridine rings is 2. The first-order chi connectivity index (χ1) is 17.5. The maximum absolute atomic E-state index is 13.3. The average molecular weight is 501 g/mol. The highest BCUT2D eigenvalue weighted by Crippen LogP contribution is 2.34. The van der Waals surface area contributed by atoms with E-state index in [9.17, 15) is 14.7 Å². The third-order valence-corrected chi connectivity index (χ3v) is 6.39. The van der Waals surface area contributed by atoms with Crippen LogP contribution >= 0.6 is 11.6 Å². The first-order valence-corrected chi connectivity index (χ1v) is 11.4. The first kappa shape index (κ1) is 21.9. The summed E-state index contributed by atoms with van der Waals surface area (Å²) in [6, 6.07) is 13.4. The maximum atomic E-state index is 13.3. The molecule has 0 amide bonds. The zero-order valence-corrected chi connectivity index (χ0v) is 19.3. The van der Waals surface area contributed by atoms with Crippen LogP contribution in [0.1, 0.15) is 34.5 Å². The highest BCUT2D eigenvalue weighted by atomic mass is 35.5. The minimum absolute atomic E-state index is 0.0549. The van der Waals surface area contributed by atoms with E-state index in [1.165, 1.54) is 17.1 Å². The van der Waals surface area contributed by atoms with Gasteiger partial charge in [0, 0.05) is 22.3 Å². The average Bonchev–Trinajstić information content (AvgIpc) is 3.64. The Bertz CT molecular complexity index is 1680. The lowest BCUT2D eigenvalue weighted by molar-refractivity contribution is 0.0690. The molecule has 0 fully saturated rings. The zero-order valence-electron chi connectivity index (χ0n) is 18.5. The molecule has 1 atom stereocenters. The summed E-state index contributed by atoms with van der Waals surface area (Å²) in [5.41, 5.74) is 3.85. The number of H-pyrrole nitrogens is 1. The fourth-order valence-electron chi connectivity index (χ4n) is 4.56. The van der Waals surface area contributed by atoms with Crippen LogP contribution in [-0.2, 0) is 6.42 Å². The number of halogens is 1. The molecule has 0 spiro atoms. The number of tetrazole rings is 1. The summed E-state index contributed by atoms with van der Waals surface area (Å²) in [5, 5.41) is 21.1. The van der Waals surface area contributed by atoms with Crippen LogP contribution in [0.4, 0.5) is 0 Å². The number of hydrogen-bond acceptors (Lipinski definition) is 7. The van der Waals surface area contributed by atoms with Gasteiger partial charge in [-0.1, -0.05) is 17.7 Å². The molecule has 12 heteroatoms. The van der Waals surface area contributed by atoms with Crippen LogP contribution in [0.5, 0.6) is 0 Å². The van der Waals surface area contributed by atoms with Gasteiger partial charge in [0.25, 0.3) is 5.56 Å². The van der Waals surface area contributed by atoms with E-state index in [-0.39, 0.29) is 17.3 Å². The van der Waals surface area contributed by atoms with E-state index in [4.69, 9.17) is 11.6 Å². The van der Waals surface area contributed by atoms with E-state index >= 15 is 0 Å². The van der Waals surface area contributed by atoms with E-state index in [1.54, 1.807) is 47.2 Å². The lowest BCUT2D eigenvalue weighted by Gasteiger charge is -2.15. The number of aromatic nitrogens is 8. The zero-order chi connectivity index (χ0) is 24.8. The van der Waals surface area contributed by atoms with Gasteiger partial charge in [-0.3, -0.25) is 4.79 Å². The summed E-state index contributed by atoms with van der Waals surface area (Å²) in [5.74, 6) is -0.495. The molecule has 1 aliphatic rings. The van der Waals surface area contributed by atoms with E-state index in [0.29, 0.717) is 40.8 Å². The Morgan fingerprint density at radius 1 is 1.17 bits per heavy atom. The van der Waals surface area contributed by atoms with Crippen LogP contribution in [0.25, 0.3) is 28.2 Å². The summed E-state index contributed by atoms with van der Waals surface area (Å²) in [7, 11) is 0. The van der Waals surface area contributed by atoms with Crippen molar-refractivity contribution in [2.45, 2.75) is 18.9 Å². The Morgan fingerprint density at radius 3 is 2.86 bits per heavy atom. The van der Waals surface area contributed by atoms with E-state index < -0.39 is 5.97 Å². The third-order valence-electron chi connectivity index (χ3n) is 6.15. The van der Waals surface area contributed by atoms with Gasteiger partial charge in [0.1, 0.15) is 17.8 Å². The molecule has 36 heavy (non-hydrogen) atoms. The molecule has 178 valence electrons. The topological polar surface area (TPSA) is 144 Å². The van der Waals surface area contributed by atoms with Gasteiger partial charge in [0.05, 0.1) is 29.3 Å². The van der Waals surface area contributed by atoms with Crippen molar-refractivity contribution in [2.75, 3.05) is 0 Å². The standard InChI is InChI=1S/C24H17ClN8O3/c25-14-4-6-20(32-12-27-30-31-32)16(10-14)13-8-15-5-7-21(33(15)22(34)9-13)23-26-11-19(29-23)17-2-1-3-18(28-17)24(35)36/h1-4,6,8-12,21H,5,7H2,(H,26,29)(H,35,36). The molecule has 0 saturated carbocycles. The molecule has 5 aromatic rings. The molecule has 1 unspecified atom stereocenters. The molecular weight excluding hydrogens is 484 g/mol. The Labute approximate surface area is 208 Å². The molecule has 0 saturated heterocycles. The molecule has 1 aliphatic heterocycles. The van der Waals surface area contributed by atoms with Gasteiger partial charge in [0.2, 0.25) is 0 Å². The van der Waals surface area contributed by atoms with Gasteiger partial charge in [-0.2, -0.15) is 4.68 Å². The number of aromatic amines is 1. The molecule has 6 rings (SSSR count). The van der Waals surface area contributed by atoms with Crippen LogP contribution in [0.15, 0.2) is 65.8 Å². The molecule has 0 radical (unpaired) electrons. The fourth-order valence-corrected chi connectivity index (χ4v) is 4.73. The quantitative estimate of drug-likeness (QED) is 0.374. The summed E-state index contributed by atoms with van der Waals surface area (Å²) in [6.45, 7) is 0. The van der Waals surface area contributed by atoms with Gasteiger partial charge in [-0.25, -0.2) is 14.8 Å². The maximum Gasteiger partial charge on any atom is 0.354 e. The van der Waals surface area contributed by atoms with Crippen molar-refractivity contribution in [1.82, 2.24) is 39.7 Å². The largest absolute Gasteiger partial charge is 0.477 e. The number of nitrogens with zero attached hydrogens (tertiary/aromatic N) is 7. The van der Waals surface area contributed by atoms with Crippen molar-refractivity contribution in [3.8, 4) is 28.2 Å². The smallest absolute Gasteiger partial charge is 0.354 e. The van der Waals surface area contributed by atoms with Crippen LogP contribution in [0, 0.1) is 0 Å². The number of carboxylic acids is 1. The predicted molar refractivity (Wildman–Crippen MR) is 129 cm³/mol. The minimum atomic E-state index is -1.10. The number of imidazole rings is 1. The molecule has 1 aromatic carbocycles. The summed E-state index contributed by atoms with van der Waals surface area (Å²) in [6.07, 6.45) is 4.45. The van der Waals surface area contributed by atoms with Crippen LogP contribution in [0.2, 0.25) is 5.02 Å². The number of benzene rings is 1. The normalized spacial score (nSPS) is 14.6. The number of nitrogens with one attached hydrogen (secondary N) is 1. The van der Waals surface area contributed by atoms with Gasteiger partial charge in [0.15, 0.2) is 0 Å². The molecule has 4 aromatic heterocycles. The number of rotatable bonds is 5. The molecule has 0 bridgehead atoms. The first-order valence-electron chi connectivity index (χ1n) is 11.0. The van der Waals surface area contributed by atoms with E-state index in [1.807, 2.05) is 6.07 Å². The van der Waals surface area contributed by atoms with Gasteiger partial charge >= 0.3 is 5.97 Å². The Kier molecular flexibility index (Phi) is 5.19. The molecule has 5 heterocycles. The SMILES string of the molecule is O=C(O)c1cccc(-c2cnc(C3CCc4cc(-c5cc(Cl)ccc5-n5cnnn5)cc(=O)n43)[nH]2)n1. The lowest BCUT2D eigenvalue weighted by Crippen LogP contribution is -2.23. The van der Waals surface area contributed by atoms with Crippen molar-refractivity contribution >= 4 is 17.6 Å². The fraction of sp³-hybridized carbons (Fsp3) is 0.125. The second-order valence-electron chi connectivity index (χ2n) is 8.31. The lowest BCUT2D eigenvalue weighted by atomic mass is 10.0. The van der Waals surface area contributed by atoms with Crippen LogP contribution < -0.4 is 5.56 Å².